The van der Waals surface area contributed by atoms with Crippen LogP contribution in [0.1, 0.15) is 94.9 Å². The lowest BCUT2D eigenvalue weighted by atomic mass is 9.70. The number of thiol groups is 1. The summed E-state index contributed by atoms with van der Waals surface area (Å²) >= 11 is 4.42. The van der Waals surface area contributed by atoms with Gasteiger partial charge < -0.3 is 8.83 Å². The Labute approximate surface area is 227 Å². The fourth-order valence-electron chi connectivity index (χ4n) is 6.24. The fourth-order valence-corrected chi connectivity index (χ4v) is 6.42. The molecule has 0 bridgehead atoms. The van der Waals surface area contributed by atoms with E-state index in [1.54, 1.807) is 0 Å². The second-order valence-electron chi connectivity index (χ2n) is 10.8. The minimum absolute atomic E-state index is 0.0101. The molecule has 1 aliphatic carbocycles. The summed E-state index contributed by atoms with van der Waals surface area (Å²) in [5.74, 6) is 2.80. The second kappa shape index (κ2) is 11.4. The van der Waals surface area contributed by atoms with E-state index in [1.807, 2.05) is 19.1 Å². The van der Waals surface area contributed by atoms with Gasteiger partial charge in [0.2, 0.25) is 0 Å². The van der Waals surface area contributed by atoms with E-state index >= 15 is 0 Å². The van der Waals surface area contributed by atoms with Crippen molar-refractivity contribution in [2.75, 3.05) is 0 Å². The van der Waals surface area contributed by atoms with Gasteiger partial charge in [0.1, 0.15) is 17.3 Å². The molecule has 37 heavy (non-hydrogen) atoms. The monoisotopic (exact) mass is 512 g/mol. The highest BCUT2D eigenvalue weighted by atomic mass is 32.1. The summed E-state index contributed by atoms with van der Waals surface area (Å²) in [6.07, 6.45) is 12.5. The Morgan fingerprint density at radius 1 is 0.622 bits per heavy atom. The molecule has 0 saturated carbocycles. The summed E-state index contributed by atoms with van der Waals surface area (Å²) in [6.45, 7) is 6.61. The van der Waals surface area contributed by atoms with E-state index in [-0.39, 0.29) is 5.41 Å². The maximum Gasteiger partial charge on any atom is 0.157 e. The Kier molecular flexibility index (Phi) is 8.00. The SMILES string of the molecule is CCCCCCC1(CCCCCC)c2cc(-c3ccc(C)o3)ccc2-c2ccc(-c3ccc(S)o3)cc21. The van der Waals surface area contributed by atoms with E-state index in [4.69, 9.17) is 8.83 Å². The van der Waals surface area contributed by atoms with Crippen molar-refractivity contribution in [2.24, 2.45) is 0 Å². The average Bonchev–Trinajstić information content (AvgIpc) is 3.61. The highest BCUT2D eigenvalue weighted by Gasteiger charge is 2.42. The van der Waals surface area contributed by atoms with E-state index in [9.17, 15) is 0 Å². The first-order valence-electron chi connectivity index (χ1n) is 14.2. The van der Waals surface area contributed by atoms with E-state index in [0.717, 1.165) is 22.8 Å². The summed E-state index contributed by atoms with van der Waals surface area (Å²) < 4.78 is 12.0. The first-order chi connectivity index (χ1) is 18.1. The summed E-state index contributed by atoms with van der Waals surface area (Å²) in [5.41, 5.74) is 8.04. The van der Waals surface area contributed by atoms with Gasteiger partial charge in [-0.15, -0.1) is 12.6 Å². The maximum absolute atomic E-state index is 6.06. The van der Waals surface area contributed by atoms with E-state index in [2.05, 4.69) is 75.0 Å². The Bertz CT molecular complexity index is 1240. The first kappa shape index (κ1) is 26.0. The van der Waals surface area contributed by atoms with Crippen molar-refractivity contribution in [1.29, 1.82) is 0 Å². The van der Waals surface area contributed by atoms with Crippen LogP contribution in [0.15, 0.2) is 74.6 Å². The Hall–Kier alpha value is -2.65. The lowest BCUT2D eigenvalue weighted by molar-refractivity contribution is 0.401. The zero-order valence-corrected chi connectivity index (χ0v) is 23.5. The number of unbranched alkanes of at least 4 members (excludes halogenated alkanes) is 6. The molecule has 0 spiro atoms. The van der Waals surface area contributed by atoms with Crippen molar-refractivity contribution >= 4 is 12.6 Å². The maximum atomic E-state index is 6.06. The van der Waals surface area contributed by atoms with Crippen molar-refractivity contribution in [3.63, 3.8) is 0 Å². The van der Waals surface area contributed by atoms with Crippen LogP contribution >= 0.6 is 12.6 Å². The van der Waals surface area contributed by atoms with E-state index in [0.29, 0.717) is 5.09 Å². The number of hydrogen-bond donors (Lipinski definition) is 1. The first-order valence-corrected chi connectivity index (χ1v) is 14.7. The van der Waals surface area contributed by atoms with Gasteiger partial charge in [-0.3, -0.25) is 0 Å². The van der Waals surface area contributed by atoms with Gasteiger partial charge in [0, 0.05) is 16.5 Å². The number of benzene rings is 2. The van der Waals surface area contributed by atoms with Crippen molar-refractivity contribution < 1.29 is 8.83 Å². The molecule has 0 radical (unpaired) electrons. The number of aryl methyl sites for hydroxylation is 1. The van der Waals surface area contributed by atoms with Gasteiger partial charge in [0.25, 0.3) is 0 Å². The molecule has 2 nitrogen and oxygen atoms in total. The van der Waals surface area contributed by atoms with Crippen LogP contribution in [0.5, 0.6) is 0 Å². The van der Waals surface area contributed by atoms with E-state index < -0.39 is 0 Å². The zero-order chi connectivity index (χ0) is 25.8. The number of fused-ring (bicyclic) bond motifs is 3. The standard InChI is InChI=1S/C34H40O2S/c1-4-6-8-10-20-34(21-11-9-7-5-2)29-22-25(31-17-12-24(3)35-31)13-15-27(29)28-16-14-26(23-30(28)34)32-18-19-33(37)36-32/h12-19,22-23,37H,4-11,20-21H2,1-3H3. The van der Waals surface area contributed by atoms with Crippen molar-refractivity contribution in [2.45, 2.75) is 95.5 Å². The molecule has 194 valence electrons. The van der Waals surface area contributed by atoms with Crippen LogP contribution in [0.4, 0.5) is 0 Å². The molecule has 1 aliphatic rings. The van der Waals surface area contributed by atoms with Crippen molar-refractivity contribution in [3.8, 4) is 33.8 Å². The van der Waals surface area contributed by atoms with Crippen LogP contribution in [0, 0.1) is 6.92 Å². The number of furan rings is 2. The van der Waals surface area contributed by atoms with Crippen LogP contribution in [-0.4, -0.2) is 0 Å². The zero-order valence-electron chi connectivity index (χ0n) is 22.6. The normalized spacial score (nSPS) is 13.6. The van der Waals surface area contributed by atoms with Crippen LogP contribution in [0.3, 0.4) is 0 Å². The molecule has 0 saturated heterocycles. The van der Waals surface area contributed by atoms with Crippen LogP contribution in [-0.2, 0) is 5.41 Å². The number of hydrogen-bond acceptors (Lipinski definition) is 3. The van der Waals surface area contributed by atoms with Gasteiger partial charge in [0.05, 0.1) is 0 Å². The molecular weight excluding hydrogens is 472 g/mol. The second-order valence-corrected chi connectivity index (χ2v) is 11.2. The van der Waals surface area contributed by atoms with Gasteiger partial charge in [0.15, 0.2) is 5.09 Å². The van der Waals surface area contributed by atoms with Crippen molar-refractivity contribution in [3.05, 3.63) is 77.6 Å². The predicted octanol–water partition coefficient (Wildman–Crippen LogP) is 11.0. The predicted molar refractivity (Wildman–Crippen MR) is 158 cm³/mol. The summed E-state index contributed by atoms with van der Waals surface area (Å²) in [6, 6.07) is 22.1. The summed E-state index contributed by atoms with van der Waals surface area (Å²) in [7, 11) is 0. The molecule has 0 unspecified atom stereocenters. The van der Waals surface area contributed by atoms with Crippen LogP contribution in [0.25, 0.3) is 33.8 Å². The van der Waals surface area contributed by atoms with Gasteiger partial charge in [-0.05, 0) is 78.4 Å². The van der Waals surface area contributed by atoms with Gasteiger partial charge in [-0.2, -0.15) is 0 Å². The quantitative estimate of drug-likeness (QED) is 0.151. The summed E-state index contributed by atoms with van der Waals surface area (Å²) in [4.78, 5) is 0. The summed E-state index contributed by atoms with van der Waals surface area (Å²) in [5, 5.41) is 0.655. The topological polar surface area (TPSA) is 26.3 Å². The molecule has 2 aromatic carbocycles. The average molecular weight is 513 g/mol. The fraction of sp³-hybridized carbons (Fsp3) is 0.412. The smallest absolute Gasteiger partial charge is 0.157 e. The Morgan fingerprint density at radius 3 is 1.62 bits per heavy atom. The van der Waals surface area contributed by atoms with Crippen LogP contribution in [0.2, 0.25) is 0 Å². The highest BCUT2D eigenvalue weighted by Crippen LogP contribution is 2.55. The Balaban J connectivity index is 1.64. The molecular formula is C34H40O2S. The lowest BCUT2D eigenvalue weighted by Gasteiger charge is -2.33. The molecule has 4 aromatic rings. The Morgan fingerprint density at radius 2 is 1.16 bits per heavy atom. The molecule has 3 heteroatoms. The third-order valence-corrected chi connectivity index (χ3v) is 8.42. The minimum Gasteiger partial charge on any atom is -0.461 e. The highest BCUT2D eigenvalue weighted by molar-refractivity contribution is 7.80. The van der Waals surface area contributed by atoms with E-state index in [1.165, 1.54) is 92.0 Å². The number of rotatable bonds is 12. The molecule has 2 heterocycles. The lowest BCUT2D eigenvalue weighted by Crippen LogP contribution is -2.25. The van der Waals surface area contributed by atoms with Gasteiger partial charge in [-0.1, -0.05) is 89.5 Å². The molecule has 5 rings (SSSR count). The molecule has 2 aromatic heterocycles. The molecule has 0 N–H and O–H groups in total. The van der Waals surface area contributed by atoms with Crippen molar-refractivity contribution in [1.82, 2.24) is 0 Å². The third-order valence-electron chi connectivity index (χ3n) is 8.18. The van der Waals surface area contributed by atoms with Gasteiger partial charge >= 0.3 is 0 Å². The minimum atomic E-state index is 0.0101. The van der Waals surface area contributed by atoms with Gasteiger partial charge in [-0.25, -0.2) is 0 Å². The van der Waals surface area contributed by atoms with Crippen LogP contribution < -0.4 is 0 Å². The molecule has 0 fully saturated rings. The molecule has 0 aliphatic heterocycles. The largest absolute Gasteiger partial charge is 0.461 e. The molecule has 0 amide bonds. The third kappa shape index (κ3) is 5.21. The molecule has 0 atom stereocenters.